The van der Waals surface area contributed by atoms with Gasteiger partial charge in [-0.3, -0.25) is 9.59 Å². The molecule has 0 fully saturated rings. The monoisotopic (exact) mass is 489 g/mol. The first-order valence-electron chi connectivity index (χ1n) is 9.27. The van der Waals surface area contributed by atoms with Crippen LogP contribution >= 0.6 is 34.4 Å². The van der Waals surface area contributed by atoms with Crippen LogP contribution in [0.1, 0.15) is 11.8 Å². The molecule has 0 spiro atoms. The Balaban J connectivity index is 1.29. The molecule has 0 aliphatic heterocycles. The van der Waals surface area contributed by atoms with Crippen LogP contribution in [0.25, 0.3) is 22.0 Å². The first-order chi connectivity index (χ1) is 15.5. The molecule has 0 saturated heterocycles. The van der Waals surface area contributed by atoms with E-state index in [2.05, 4.69) is 25.8 Å². The highest BCUT2D eigenvalue weighted by molar-refractivity contribution is 7.99. The summed E-state index contributed by atoms with van der Waals surface area (Å²) in [6, 6.07) is 9.58. The summed E-state index contributed by atoms with van der Waals surface area (Å²) < 4.78 is 18.5. The Kier molecular flexibility index (Phi) is 6.93. The van der Waals surface area contributed by atoms with Gasteiger partial charge in [0.05, 0.1) is 22.9 Å². The van der Waals surface area contributed by atoms with Gasteiger partial charge in [0, 0.05) is 22.7 Å². The van der Waals surface area contributed by atoms with E-state index in [-0.39, 0.29) is 34.5 Å². The summed E-state index contributed by atoms with van der Waals surface area (Å²) in [5, 5.41) is 15.9. The first kappa shape index (κ1) is 22.1. The SMILES string of the molecule is CC(=O)NCc1ccc(-c2csc(NC(=O)CSc3nnc(-c4ccc(F)cc4)o3)n2)s1. The van der Waals surface area contributed by atoms with Gasteiger partial charge < -0.3 is 15.1 Å². The van der Waals surface area contributed by atoms with Crippen LogP contribution in [0.5, 0.6) is 0 Å². The summed E-state index contributed by atoms with van der Waals surface area (Å²) in [6.45, 7) is 1.95. The standard InChI is InChI=1S/C20H16FN5O3S3/c1-11(27)22-8-14-6-7-16(32-14)15-9-30-19(23-15)24-17(28)10-31-20-26-25-18(29-20)12-2-4-13(21)5-3-12/h2-7,9H,8,10H2,1H3,(H,22,27)(H,23,24,28). The number of benzene rings is 1. The number of aromatic nitrogens is 3. The van der Waals surface area contributed by atoms with Crippen molar-refractivity contribution in [2.75, 3.05) is 11.1 Å². The molecule has 0 aliphatic carbocycles. The minimum atomic E-state index is -0.352. The van der Waals surface area contributed by atoms with Crippen molar-refractivity contribution in [2.24, 2.45) is 0 Å². The van der Waals surface area contributed by atoms with E-state index in [1.165, 1.54) is 41.7 Å². The van der Waals surface area contributed by atoms with Crippen LogP contribution in [0.3, 0.4) is 0 Å². The fraction of sp³-hybridized carbons (Fsp3) is 0.150. The highest BCUT2D eigenvalue weighted by Gasteiger charge is 2.14. The van der Waals surface area contributed by atoms with E-state index in [0.717, 1.165) is 27.2 Å². The zero-order chi connectivity index (χ0) is 22.5. The van der Waals surface area contributed by atoms with Crippen molar-refractivity contribution in [3.05, 3.63) is 52.5 Å². The lowest BCUT2D eigenvalue weighted by molar-refractivity contribution is -0.119. The second-order valence-electron chi connectivity index (χ2n) is 6.43. The van der Waals surface area contributed by atoms with Gasteiger partial charge in [0.1, 0.15) is 5.82 Å². The summed E-state index contributed by atoms with van der Waals surface area (Å²) in [4.78, 5) is 29.7. The molecule has 3 aromatic heterocycles. The van der Waals surface area contributed by atoms with Crippen molar-refractivity contribution >= 4 is 51.4 Å². The third-order valence-electron chi connectivity index (χ3n) is 4.00. The molecule has 1 aromatic carbocycles. The number of amides is 2. The highest BCUT2D eigenvalue weighted by atomic mass is 32.2. The quantitative estimate of drug-likeness (QED) is 0.352. The van der Waals surface area contributed by atoms with Crippen LogP contribution in [-0.2, 0) is 16.1 Å². The molecule has 8 nitrogen and oxygen atoms in total. The van der Waals surface area contributed by atoms with E-state index in [1.807, 2.05) is 17.5 Å². The Labute approximate surface area is 194 Å². The van der Waals surface area contributed by atoms with Gasteiger partial charge in [-0.25, -0.2) is 9.37 Å². The molecule has 164 valence electrons. The van der Waals surface area contributed by atoms with Crippen molar-refractivity contribution in [1.82, 2.24) is 20.5 Å². The van der Waals surface area contributed by atoms with E-state index in [0.29, 0.717) is 17.2 Å². The topological polar surface area (TPSA) is 110 Å². The van der Waals surface area contributed by atoms with Crippen LogP contribution in [0.4, 0.5) is 9.52 Å². The number of halogens is 1. The Morgan fingerprint density at radius 1 is 1.16 bits per heavy atom. The van der Waals surface area contributed by atoms with Gasteiger partial charge in [0.2, 0.25) is 17.7 Å². The average molecular weight is 490 g/mol. The minimum absolute atomic E-state index is 0.0693. The van der Waals surface area contributed by atoms with Crippen LogP contribution in [-0.4, -0.2) is 32.7 Å². The number of anilines is 1. The predicted octanol–water partition coefficient (Wildman–Crippen LogP) is 4.43. The Bertz CT molecular complexity index is 1240. The number of thiophene rings is 1. The van der Waals surface area contributed by atoms with Crippen LogP contribution in [0.2, 0.25) is 0 Å². The van der Waals surface area contributed by atoms with Gasteiger partial charge in [-0.05, 0) is 36.4 Å². The molecule has 3 heterocycles. The molecule has 0 radical (unpaired) electrons. The van der Waals surface area contributed by atoms with Crippen LogP contribution < -0.4 is 10.6 Å². The Morgan fingerprint density at radius 2 is 1.97 bits per heavy atom. The molecule has 2 N–H and O–H groups in total. The average Bonchev–Trinajstić information content (AvgIpc) is 3.52. The van der Waals surface area contributed by atoms with Gasteiger partial charge >= 0.3 is 0 Å². The third-order valence-corrected chi connectivity index (χ3v) is 6.68. The van der Waals surface area contributed by atoms with E-state index >= 15 is 0 Å². The molecular weight excluding hydrogens is 473 g/mol. The number of thioether (sulfide) groups is 1. The zero-order valence-electron chi connectivity index (χ0n) is 16.6. The number of rotatable bonds is 8. The molecule has 12 heteroatoms. The number of carbonyl (C=O) groups excluding carboxylic acids is 2. The summed E-state index contributed by atoms with van der Waals surface area (Å²) >= 11 is 3.96. The van der Waals surface area contributed by atoms with Gasteiger partial charge in [-0.2, -0.15) is 0 Å². The summed E-state index contributed by atoms with van der Waals surface area (Å²) in [7, 11) is 0. The lowest BCUT2D eigenvalue weighted by Gasteiger charge is -1.99. The summed E-state index contributed by atoms with van der Waals surface area (Å²) in [6.07, 6.45) is 0. The molecule has 4 aromatic rings. The van der Waals surface area contributed by atoms with Gasteiger partial charge in [-0.1, -0.05) is 11.8 Å². The fourth-order valence-electron chi connectivity index (χ4n) is 2.53. The molecule has 32 heavy (non-hydrogen) atoms. The Morgan fingerprint density at radius 3 is 2.75 bits per heavy atom. The first-order valence-corrected chi connectivity index (χ1v) is 12.0. The van der Waals surface area contributed by atoms with E-state index < -0.39 is 0 Å². The van der Waals surface area contributed by atoms with Crippen molar-refractivity contribution in [3.8, 4) is 22.0 Å². The molecular formula is C20H16FN5O3S3. The Hall–Kier alpha value is -3.09. The number of hydrogen-bond acceptors (Lipinski definition) is 9. The molecule has 2 amide bonds. The maximum Gasteiger partial charge on any atom is 0.277 e. The zero-order valence-corrected chi connectivity index (χ0v) is 19.1. The van der Waals surface area contributed by atoms with Gasteiger partial charge in [0.25, 0.3) is 5.22 Å². The van der Waals surface area contributed by atoms with E-state index in [9.17, 15) is 14.0 Å². The van der Waals surface area contributed by atoms with Crippen molar-refractivity contribution in [2.45, 2.75) is 18.7 Å². The molecule has 0 unspecified atom stereocenters. The van der Waals surface area contributed by atoms with Crippen LogP contribution in [0, 0.1) is 5.82 Å². The summed E-state index contributed by atoms with van der Waals surface area (Å²) in [5.41, 5.74) is 1.36. The highest BCUT2D eigenvalue weighted by Crippen LogP contribution is 2.31. The van der Waals surface area contributed by atoms with Crippen molar-refractivity contribution in [3.63, 3.8) is 0 Å². The second kappa shape index (κ2) is 10.0. The van der Waals surface area contributed by atoms with E-state index in [4.69, 9.17) is 4.42 Å². The number of thiazole rings is 1. The van der Waals surface area contributed by atoms with Crippen LogP contribution in [0.15, 0.2) is 51.4 Å². The van der Waals surface area contributed by atoms with E-state index in [1.54, 1.807) is 12.1 Å². The lowest BCUT2D eigenvalue weighted by Crippen LogP contribution is -2.17. The molecule has 0 saturated carbocycles. The normalized spacial score (nSPS) is 10.8. The van der Waals surface area contributed by atoms with Crippen molar-refractivity contribution in [1.29, 1.82) is 0 Å². The number of carbonyl (C=O) groups is 2. The maximum atomic E-state index is 13.0. The molecule has 0 bridgehead atoms. The number of nitrogens with one attached hydrogen (secondary N) is 2. The fourth-order valence-corrected chi connectivity index (χ4v) is 4.80. The molecule has 0 atom stereocenters. The van der Waals surface area contributed by atoms with Crippen molar-refractivity contribution < 1.29 is 18.4 Å². The van der Waals surface area contributed by atoms with Gasteiger partial charge in [-0.15, -0.1) is 32.9 Å². The largest absolute Gasteiger partial charge is 0.411 e. The van der Waals surface area contributed by atoms with Gasteiger partial charge in [0.15, 0.2) is 5.13 Å². The number of nitrogens with zero attached hydrogens (tertiary/aromatic N) is 3. The maximum absolute atomic E-state index is 13.0. The smallest absolute Gasteiger partial charge is 0.277 e. The predicted molar refractivity (Wildman–Crippen MR) is 122 cm³/mol. The summed E-state index contributed by atoms with van der Waals surface area (Å²) in [5.74, 6) is -0.362. The molecule has 4 rings (SSSR count). The second-order valence-corrected chi connectivity index (χ2v) is 9.38. The number of hydrogen-bond donors (Lipinski definition) is 2. The minimum Gasteiger partial charge on any atom is -0.411 e. The third kappa shape index (κ3) is 5.78. The molecule has 0 aliphatic rings. The lowest BCUT2D eigenvalue weighted by atomic mass is 10.2.